The van der Waals surface area contributed by atoms with Gasteiger partial charge in [-0.25, -0.2) is 4.98 Å². The highest BCUT2D eigenvalue weighted by Crippen LogP contribution is 2.24. The van der Waals surface area contributed by atoms with Crippen molar-refractivity contribution in [1.29, 1.82) is 0 Å². The van der Waals surface area contributed by atoms with Crippen molar-refractivity contribution in [2.24, 2.45) is 5.16 Å². The number of benzene rings is 3. The lowest BCUT2D eigenvalue weighted by atomic mass is 10.1. The Kier molecular flexibility index (Phi) is 5.41. The second-order valence-corrected chi connectivity index (χ2v) is 6.97. The Morgan fingerprint density at radius 3 is 2.37 bits per heavy atom. The molecule has 0 aliphatic heterocycles. The average Bonchev–Trinajstić information content (AvgIpc) is 2.89. The quantitative estimate of drug-likeness (QED) is 0.310. The largest absolute Gasteiger partial charge is 0.409 e. The van der Waals surface area contributed by atoms with Crippen molar-refractivity contribution >= 4 is 28.3 Å². The highest BCUT2D eigenvalue weighted by atomic mass is 35.5. The molecule has 30 heavy (non-hydrogen) atoms. The lowest BCUT2D eigenvalue weighted by molar-refractivity contribution is 0.0972. The first-order valence-electron chi connectivity index (χ1n) is 9.15. The van der Waals surface area contributed by atoms with Crippen LogP contribution in [0.3, 0.4) is 0 Å². The van der Waals surface area contributed by atoms with E-state index in [2.05, 4.69) is 10.1 Å². The summed E-state index contributed by atoms with van der Waals surface area (Å²) in [6.45, 7) is -0.282. The molecule has 0 saturated heterocycles. The van der Waals surface area contributed by atoms with E-state index in [1.807, 2.05) is 42.5 Å². The number of para-hydroxylation sites is 1. The SMILES string of the molecule is O=C(Cn1c(=O)c(=NO)nc(-c2ccccc2)c2ccccc21)c1ccccc1Cl. The second kappa shape index (κ2) is 8.31. The molecule has 0 fully saturated rings. The van der Waals surface area contributed by atoms with E-state index in [1.54, 1.807) is 36.4 Å². The molecule has 0 unspecified atom stereocenters. The molecule has 0 aliphatic carbocycles. The van der Waals surface area contributed by atoms with Crippen LogP contribution in [0.1, 0.15) is 10.4 Å². The lowest BCUT2D eigenvalue weighted by Gasteiger charge is -2.08. The van der Waals surface area contributed by atoms with Crippen LogP contribution in [0.25, 0.3) is 22.2 Å². The van der Waals surface area contributed by atoms with Crippen molar-refractivity contribution < 1.29 is 10.0 Å². The maximum absolute atomic E-state index is 13.1. The minimum atomic E-state index is -0.684. The number of fused-ring (bicyclic) bond motifs is 1. The Hall–Kier alpha value is -3.77. The van der Waals surface area contributed by atoms with Crippen molar-refractivity contribution in [3.63, 3.8) is 0 Å². The number of carbonyl (C=O) groups excluding carboxylic acids is 1. The number of hydrogen-bond acceptors (Lipinski definition) is 5. The third-order valence-electron chi connectivity index (χ3n) is 4.72. The van der Waals surface area contributed by atoms with Gasteiger partial charge >= 0.3 is 0 Å². The van der Waals surface area contributed by atoms with E-state index < -0.39 is 11.0 Å². The molecule has 0 amide bonds. The summed E-state index contributed by atoms with van der Waals surface area (Å²) in [6.07, 6.45) is 0. The summed E-state index contributed by atoms with van der Waals surface area (Å²) in [7, 11) is 0. The molecular weight excluding hydrogens is 402 g/mol. The number of halogens is 1. The number of hydrogen-bond donors (Lipinski definition) is 1. The Bertz CT molecular complexity index is 1380. The van der Waals surface area contributed by atoms with Crippen LogP contribution in [0.5, 0.6) is 0 Å². The van der Waals surface area contributed by atoms with Crippen molar-refractivity contribution in [3.8, 4) is 11.3 Å². The van der Waals surface area contributed by atoms with Crippen LogP contribution >= 0.6 is 11.6 Å². The highest BCUT2D eigenvalue weighted by Gasteiger charge is 2.16. The van der Waals surface area contributed by atoms with Crippen molar-refractivity contribution in [1.82, 2.24) is 9.55 Å². The molecule has 3 aromatic carbocycles. The summed E-state index contributed by atoms with van der Waals surface area (Å²) in [5.74, 6) is -0.343. The summed E-state index contributed by atoms with van der Waals surface area (Å²) < 4.78 is 1.26. The van der Waals surface area contributed by atoms with E-state index in [1.165, 1.54) is 4.57 Å². The maximum Gasteiger partial charge on any atom is 0.299 e. The van der Waals surface area contributed by atoms with Gasteiger partial charge < -0.3 is 5.21 Å². The first kappa shape index (κ1) is 19.5. The predicted molar refractivity (Wildman–Crippen MR) is 115 cm³/mol. The molecule has 0 bridgehead atoms. The molecule has 4 rings (SSSR count). The summed E-state index contributed by atoms with van der Waals surface area (Å²) in [6, 6.07) is 23.0. The van der Waals surface area contributed by atoms with Gasteiger partial charge in [0.25, 0.3) is 11.0 Å². The molecule has 0 aliphatic rings. The van der Waals surface area contributed by atoms with Gasteiger partial charge in [-0.15, -0.1) is 0 Å². The lowest BCUT2D eigenvalue weighted by Crippen LogP contribution is -2.36. The number of nitrogens with zero attached hydrogens (tertiary/aromatic N) is 3. The summed E-state index contributed by atoms with van der Waals surface area (Å²) >= 11 is 6.15. The smallest absolute Gasteiger partial charge is 0.299 e. The number of ketones is 1. The monoisotopic (exact) mass is 417 g/mol. The van der Waals surface area contributed by atoms with E-state index in [4.69, 9.17) is 11.6 Å². The van der Waals surface area contributed by atoms with Crippen LogP contribution in [0.2, 0.25) is 5.02 Å². The second-order valence-electron chi connectivity index (χ2n) is 6.56. The molecule has 7 heteroatoms. The van der Waals surface area contributed by atoms with Gasteiger partial charge in [0, 0.05) is 16.5 Å². The molecule has 0 radical (unpaired) electrons. The van der Waals surface area contributed by atoms with Gasteiger partial charge in [-0.2, -0.15) is 0 Å². The topological polar surface area (TPSA) is 84.5 Å². The molecule has 0 saturated carbocycles. The Balaban J connectivity index is 2.02. The minimum absolute atomic E-state index is 0.282. The average molecular weight is 418 g/mol. The van der Waals surface area contributed by atoms with Gasteiger partial charge in [-0.1, -0.05) is 77.4 Å². The Morgan fingerprint density at radius 1 is 0.967 bits per heavy atom. The highest BCUT2D eigenvalue weighted by molar-refractivity contribution is 6.33. The van der Waals surface area contributed by atoms with Crippen LogP contribution < -0.4 is 11.0 Å². The zero-order valence-electron chi connectivity index (χ0n) is 15.7. The van der Waals surface area contributed by atoms with Gasteiger partial charge in [-0.3, -0.25) is 14.2 Å². The first-order chi connectivity index (χ1) is 14.6. The minimum Gasteiger partial charge on any atom is -0.409 e. The Morgan fingerprint density at radius 2 is 1.63 bits per heavy atom. The van der Waals surface area contributed by atoms with Crippen LogP contribution in [0.15, 0.2) is 88.8 Å². The summed E-state index contributed by atoms with van der Waals surface area (Å²) in [5.41, 5.74) is 0.927. The van der Waals surface area contributed by atoms with E-state index in [9.17, 15) is 14.8 Å². The zero-order chi connectivity index (χ0) is 21.1. The van der Waals surface area contributed by atoms with E-state index in [0.717, 1.165) is 5.56 Å². The van der Waals surface area contributed by atoms with Crippen LogP contribution in [-0.2, 0) is 6.54 Å². The summed E-state index contributed by atoms with van der Waals surface area (Å²) in [4.78, 5) is 30.4. The first-order valence-corrected chi connectivity index (χ1v) is 9.53. The van der Waals surface area contributed by atoms with Gasteiger partial charge in [0.15, 0.2) is 5.78 Å². The molecule has 0 atom stereocenters. The van der Waals surface area contributed by atoms with Crippen LogP contribution in [-0.4, -0.2) is 20.5 Å². The fourth-order valence-electron chi connectivity index (χ4n) is 3.31. The van der Waals surface area contributed by atoms with Crippen molar-refractivity contribution in [2.75, 3.05) is 0 Å². The molecule has 0 spiro atoms. The molecule has 4 aromatic rings. The molecule has 1 heterocycles. The third-order valence-corrected chi connectivity index (χ3v) is 5.05. The molecule has 1 aromatic heterocycles. The van der Waals surface area contributed by atoms with E-state index in [-0.39, 0.29) is 12.3 Å². The number of carbonyl (C=O) groups is 1. The molecule has 148 valence electrons. The third kappa shape index (κ3) is 3.60. The molecular formula is C23H16ClN3O3. The summed E-state index contributed by atoms with van der Waals surface area (Å²) in [5, 5.41) is 13.5. The Labute approximate surface area is 176 Å². The maximum atomic E-state index is 13.1. The fraction of sp³-hybridized carbons (Fsp3) is 0.0435. The zero-order valence-corrected chi connectivity index (χ0v) is 16.5. The van der Waals surface area contributed by atoms with Crippen LogP contribution in [0, 0.1) is 0 Å². The van der Waals surface area contributed by atoms with Crippen LogP contribution in [0.4, 0.5) is 0 Å². The normalized spacial score (nSPS) is 11.6. The molecule has 1 N–H and O–H groups in total. The fourth-order valence-corrected chi connectivity index (χ4v) is 3.55. The van der Waals surface area contributed by atoms with Gasteiger partial charge in [-0.05, 0) is 18.2 Å². The van der Waals surface area contributed by atoms with Gasteiger partial charge in [0.1, 0.15) is 0 Å². The van der Waals surface area contributed by atoms with Crippen molar-refractivity contribution in [3.05, 3.63) is 105 Å². The number of aromatic nitrogens is 2. The van der Waals surface area contributed by atoms with Gasteiger partial charge in [0.05, 0.1) is 22.8 Å². The van der Waals surface area contributed by atoms with Gasteiger partial charge in [0.2, 0.25) is 0 Å². The number of Topliss-reactive ketones (excluding diaryl/α,β-unsaturated/α-hetero) is 1. The molecule has 6 nitrogen and oxygen atoms in total. The number of rotatable bonds is 4. The van der Waals surface area contributed by atoms with Crippen molar-refractivity contribution in [2.45, 2.75) is 6.54 Å². The van der Waals surface area contributed by atoms with E-state index in [0.29, 0.717) is 27.2 Å². The predicted octanol–water partition coefficient (Wildman–Crippen LogP) is 3.89. The van der Waals surface area contributed by atoms with E-state index >= 15 is 0 Å². The standard InChI is InChI=1S/C23H16ClN3O3/c24-18-12-6-4-10-16(18)20(28)14-27-19-13-7-5-11-17(19)21(15-8-2-1-3-9-15)25-22(26-30)23(27)29/h1-13,30H,14H2.